The first-order valence-corrected chi connectivity index (χ1v) is 9.13. The van der Waals surface area contributed by atoms with Crippen LogP contribution in [0, 0.1) is 12.8 Å². The zero-order chi connectivity index (χ0) is 19.6. The van der Waals surface area contributed by atoms with Crippen LogP contribution in [0.2, 0.25) is 0 Å². The molecule has 0 fully saturated rings. The Bertz CT molecular complexity index is 649. The molecule has 0 nitrogen and oxygen atoms in total. The maximum atomic E-state index is 12.4. The van der Waals surface area contributed by atoms with Crippen molar-refractivity contribution in [2.45, 2.75) is 53.1 Å². The molecule has 0 radical (unpaired) electrons. The summed E-state index contributed by atoms with van der Waals surface area (Å²) in [6, 6.07) is 12.9. The molecular formula is C23H29F3. The molecule has 3 heteroatoms. The molecule has 2 rings (SSSR count). The van der Waals surface area contributed by atoms with Gasteiger partial charge in [0.05, 0.1) is 5.56 Å². The number of halogens is 3. The van der Waals surface area contributed by atoms with E-state index in [-0.39, 0.29) is 0 Å². The number of rotatable bonds is 5. The van der Waals surface area contributed by atoms with Crippen molar-refractivity contribution in [2.75, 3.05) is 0 Å². The van der Waals surface area contributed by atoms with Gasteiger partial charge >= 0.3 is 6.18 Å². The number of hydrogen-bond donors (Lipinski definition) is 0. The van der Waals surface area contributed by atoms with Crippen molar-refractivity contribution in [2.24, 2.45) is 5.92 Å². The third kappa shape index (κ3) is 7.90. The Morgan fingerprint density at radius 3 is 1.85 bits per heavy atom. The van der Waals surface area contributed by atoms with E-state index < -0.39 is 11.7 Å². The predicted octanol–water partition coefficient (Wildman–Crippen LogP) is 8.07. The number of benzene rings is 2. The van der Waals surface area contributed by atoms with E-state index in [9.17, 15) is 13.2 Å². The van der Waals surface area contributed by atoms with Gasteiger partial charge in [-0.15, -0.1) is 0 Å². The molecule has 0 heterocycles. The van der Waals surface area contributed by atoms with Crippen LogP contribution in [0.25, 0.3) is 11.1 Å². The van der Waals surface area contributed by atoms with E-state index in [0.29, 0.717) is 0 Å². The van der Waals surface area contributed by atoms with Crippen LogP contribution >= 0.6 is 0 Å². The lowest BCUT2D eigenvalue weighted by molar-refractivity contribution is -0.137. The summed E-state index contributed by atoms with van der Waals surface area (Å²) >= 11 is 0. The van der Waals surface area contributed by atoms with Crippen molar-refractivity contribution < 1.29 is 13.2 Å². The maximum absolute atomic E-state index is 12.4. The third-order valence-electron chi connectivity index (χ3n) is 4.15. The van der Waals surface area contributed by atoms with Gasteiger partial charge in [-0.25, -0.2) is 0 Å². The van der Waals surface area contributed by atoms with E-state index in [1.165, 1.54) is 31.4 Å². The molecule has 2 aromatic carbocycles. The highest BCUT2D eigenvalue weighted by Crippen LogP contribution is 2.30. The zero-order valence-corrected chi connectivity index (χ0v) is 16.1. The summed E-state index contributed by atoms with van der Waals surface area (Å²) in [7, 11) is 0. The fraction of sp³-hybridized carbons (Fsp3) is 0.391. The van der Waals surface area contributed by atoms with E-state index in [0.717, 1.165) is 34.7 Å². The van der Waals surface area contributed by atoms with E-state index in [4.69, 9.17) is 0 Å². The molecule has 0 aliphatic rings. The molecule has 26 heavy (non-hydrogen) atoms. The first kappa shape index (κ1) is 22.0. The summed E-state index contributed by atoms with van der Waals surface area (Å²) in [5.41, 5.74) is 2.22. The third-order valence-corrected chi connectivity index (χ3v) is 4.15. The van der Waals surface area contributed by atoms with Gasteiger partial charge in [0.1, 0.15) is 0 Å². The molecule has 1 atom stereocenters. The molecular weight excluding hydrogens is 333 g/mol. The Hall–Kier alpha value is -2.03. The normalized spacial score (nSPS) is 12.6. The molecule has 0 saturated carbocycles. The molecule has 0 N–H and O–H groups in total. The minimum Gasteiger partial charge on any atom is -0.166 e. The maximum Gasteiger partial charge on any atom is 0.416 e. The first-order chi connectivity index (χ1) is 12.3. The van der Waals surface area contributed by atoms with Crippen molar-refractivity contribution in [1.29, 1.82) is 0 Å². The summed E-state index contributed by atoms with van der Waals surface area (Å²) in [6.45, 7) is 8.60. The van der Waals surface area contributed by atoms with Crippen LogP contribution in [0.1, 0.15) is 51.2 Å². The molecule has 0 spiro atoms. The minimum absolute atomic E-state index is 0.617. The Labute approximate surface area is 155 Å². The monoisotopic (exact) mass is 362 g/mol. The van der Waals surface area contributed by atoms with Gasteiger partial charge < -0.3 is 0 Å². The van der Waals surface area contributed by atoms with Crippen LogP contribution in [0.3, 0.4) is 0 Å². The van der Waals surface area contributed by atoms with Crippen LogP contribution < -0.4 is 0 Å². The lowest BCUT2D eigenvalue weighted by Gasteiger charge is -2.07. The largest absolute Gasteiger partial charge is 0.416 e. The number of aryl methyl sites for hydroxylation is 1. The highest BCUT2D eigenvalue weighted by molar-refractivity contribution is 5.64. The second kappa shape index (κ2) is 10.8. The number of hydrogen-bond acceptors (Lipinski definition) is 0. The molecule has 0 saturated heterocycles. The highest BCUT2D eigenvalue weighted by atomic mass is 19.4. The zero-order valence-electron chi connectivity index (χ0n) is 16.1. The van der Waals surface area contributed by atoms with Gasteiger partial charge in [0.2, 0.25) is 0 Å². The topological polar surface area (TPSA) is 0 Å². The molecule has 2 aromatic rings. The van der Waals surface area contributed by atoms with Crippen LogP contribution in [0.5, 0.6) is 0 Å². The molecule has 1 unspecified atom stereocenters. The SMILES string of the molecule is C/C=C/CC(C)CCC.Cc1ccc(-c2ccc(C(F)(F)F)cc2)cc1. The Balaban J connectivity index is 0.000000321. The summed E-state index contributed by atoms with van der Waals surface area (Å²) in [5.74, 6) is 0.881. The van der Waals surface area contributed by atoms with Crippen molar-refractivity contribution in [1.82, 2.24) is 0 Å². The van der Waals surface area contributed by atoms with Gasteiger partial charge in [-0.05, 0) is 49.4 Å². The molecule has 0 aliphatic carbocycles. The number of allylic oxidation sites excluding steroid dienone is 2. The Morgan fingerprint density at radius 1 is 0.923 bits per heavy atom. The van der Waals surface area contributed by atoms with Gasteiger partial charge in [0.25, 0.3) is 0 Å². The quantitative estimate of drug-likeness (QED) is 0.472. The summed E-state index contributed by atoms with van der Waals surface area (Å²) < 4.78 is 37.1. The van der Waals surface area contributed by atoms with Crippen molar-refractivity contribution in [3.05, 3.63) is 71.8 Å². The fourth-order valence-electron chi connectivity index (χ4n) is 2.58. The van der Waals surface area contributed by atoms with Crippen LogP contribution in [-0.4, -0.2) is 0 Å². The molecule has 0 bridgehead atoms. The van der Waals surface area contributed by atoms with Gasteiger partial charge in [-0.1, -0.05) is 80.8 Å². The van der Waals surface area contributed by atoms with E-state index in [1.54, 1.807) is 0 Å². The van der Waals surface area contributed by atoms with Gasteiger partial charge in [0.15, 0.2) is 0 Å². The number of alkyl halides is 3. The summed E-state index contributed by atoms with van der Waals surface area (Å²) in [5, 5.41) is 0. The first-order valence-electron chi connectivity index (χ1n) is 9.13. The van der Waals surface area contributed by atoms with Crippen LogP contribution in [0.15, 0.2) is 60.7 Å². The smallest absolute Gasteiger partial charge is 0.166 e. The lowest BCUT2D eigenvalue weighted by atomic mass is 10.0. The van der Waals surface area contributed by atoms with Crippen molar-refractivity contribution >= 4 is 0 Å². The molecule has 0 aliphatic heterocycles. The Kier molecular flexibility index (Phi) is 9.18. The van der Waals surface area contributed by atoms with E-state index >= 15 is 0 Å². The van der Waals surface area contributed by atoms with Crippen molar-refractivity contribution in [3.8, 4) is 11.1 Å². The second-order valence-corrected chi connectivity index (χ2v) is 6.64. The lowest BCUT2D eigenvalue weighted by Crippen LogP contribution is -2.03. The summed E-state index contributed by atoms with van der Waals surface area (Å²) in [6.07, 6.45) is 4.05. The Morgan fingerprint density at radius 2 is 1.42 bits per heavy atom. The highest BCUT2D eigenvalue weighted by Gasteiger charge is 2.29. The fourth-order valence-corrected chi connectivity index (χ4v) is 2.58. The molecule has 0 aromatic heterocycles. The average Bonchev–Trinajstić information content (AvgIpc) is 2.61. The average molecular weight is 362 g/mol. The van der Waals surface area contributed by atoms with E-state index in [1.807, 2.05) is 31.2 Å². The standard InChI is InChI=1S/C14H11F3.C9H18/c1-10-2-4-11(5-3-10)12-6-8-13(9-7-12)14(15,16)17;1-4-6-8-9(3)7-5-2/h2-9H,1H3;4,6,9H,5,7-8H2,1-3H3/b;6-4+. The van der Waals surface area contributed by atoms with E-state index in [2.05, 4.69) is 32.9 Å². The molecule has 142 valence electrons. The van der Waals surface area contributed by atoms with Crippen LogP contribution in [-0.2, 0) is 6.18 Å². The van der Waals surface area contributed by atoms with Gasteiger partial charge in [0, 0.05) is 0 Å². The predicted molar refractivity (Wildman–Crippen MR) is 105 cm³/mol. The second-order valence-electron chi connectivity index (χ2n) is 6.64. The van der Waals surface area contributed by atoms with Crippen LogP contribution in [0.4, 0.5) is 13.2 Å². The summed E-state index contributed by atoms with van der Waals surface area (Å²) in [4.78, 5) is 0. The van der Waals surface area contributed by atoms with Gasteiger partial charge in [-0.2, -0.15) is 13.2 Å². The van der Waals surface area contributed by atoms with Crippen molar-refractivity contribution in [3.63, 3.8) is 0 Å². The molecule has 0 amide bonds. The van der Waals surface area contributed by atoms with Gasteiger partial charge in [-0.3, -0.25) is 0 Å². The minimum atomic E-state index is -4.27.